The number of likely N-dealkylation sites (tertiary alicyclic amines) is 1. The molecular formula is C13H19FN2. The Balaban J connectivity index is 1.79. The summed E-state index contributed by atoms with van der Waals surface area (Å²) in [5, 5.41) is 3.49. The average Bonchev–Trinajstić information content (AvgIpc) is 2.28. The first-order valence-corrected chi connectivity index (χ1v) is 5.90. The van der Waals surface area contributed by atoms with Gasteiger partial charge in [-0.2, -0.15) is 0 Å². The van der Waals surface area contributed by atoms with Crippen molar-refractivity contribution in [2.75, 3.05) is 20.1 Å². The van der Waals surface area contributed by atoms with E-state index in [0.717, 1.165) is 25.2 Å². The Bertz CT molecular complexity index is 332. The second-order valence-electron chi connectivity index (χ2n) is 4.59. The molecule has 0 aliphatic carbocycles. The highest BCUT2D eigenvalue weighted by molar-refractivity contribution is 5.16. The van der Waals surface area contributed by atoms with Crippen molar-refractivity contribution in [1.82, 2.24) is 10.2 Å². The molecule has 1 fully saturated rings. The Kier molecular flexibility index (Phi) is 3.91. The first-order valence-electron chi connectivity index (χ1n) is 5.90. The fourth-order valence-electron chi connectivity index (χ4n) is 2.12. The number of halogens is 1. The summed E-state index contributed by atoms with van der Waals surface area (Å²) in [6.45, 7) is 3.08. The van der Waals surface area contributed by atoms with Crippen LogP contribution in [0.5, 0.6) is 0 Å². The normalized spacial score (nSPS) is 18.9. The molecule has 3 heteroatoms. The molecule has 2 rings (SSSR count). The van der Waals surface area contributed by atoms with Gasteiger partial charge >= 0.3 is 0 Å². The van der Waals surface area contributed by atoms with Crippen LogP contribution in [0.2, 0.25) is 0 Å². The van der Waals surface area contributed by atoms with Gasteiger partial charge < -0.3 is 10.2 Å². The van der Waals surface area contributed by atoms with E-state index >= 15 is 0 Å². The molecule has 88 valence electrons. The number of hydrogen-bond donors (Lipinski definition) is 1. The lowest BCUT2D eigenvalue weighted by Gasteiger charge is -2.29. The molecule has 1 aromatic rings. The van der Waals surface area contributed by atoms with E-state index in [-0.39, 0.29) is 5.82 Å². The van der Waals surface area contributed by atoms with E-state index in [4.69, 9.17) is 0 Å². The van der Waals surface area contributed by atoms with Gasteiger partial charge in [-0.15, -0.1) is 0 Å². The van der Waals surface area contributed by atoms with Gasteiger partial charge in [-0.1, -0.05) is 12.1 Å². The lowest BCUT2D eigenvalue weighted by atomic mass is 10.1. The third-order valence-corrected chi connectivity index (χ3v) is 3.20. The highest BCUT2D eigenvalue weighted by atomic mass is 19.1. The molecule has 0 aromatic heterocycles. The molecule has 16 heavy (non-hydrogen) atoms. The monoisotopic (exact) mass is 222 g/mol. The van der Waals surface area contributed by atoms with E-state index in [1.54, 1.807) is 12.1 Å². The SMILES string of the molecule is CN1CCC(NCc2cccc(F)c2)CC1. The van der Waals surface area contributed by atoms with Crippen LogP contribution in [0.25, 0.3) is 0 Å². The summed E-state index contributed by atoms with van der Waals surface area (Å²) in [5.41, 5.74) is 1.03. The topological polar surface area (TPSA) is 15.3 Å². The molecule has 1 aliphatic heterocycles. The zero-order valence-electron chi connectivity index (χ0n) is 9.75. The highest BCUT2D eigenvalue weighted by Crippen LogP contribution is 2.10. The average molecular weight is 222 g/mol. The van der Waals surface area contributed by atoms with Crippen molar-refractivity contribution in [3.05, 3.63) is 35.6 Å². The Labute approximate surface area is 96.5 Å². The number of benzene rings is 1. The Morgan fingerprint density at radius 2 is 2.12 bits per heavy atom. The fourth-order valence-corrected chi connectivity index (χ4v) is 2.12. The minimum atomic E-state index is -0.150. The van der Waals surface area contributed by atoms with Crippen LogP contribution in [-0.2, 0) is 6.54 Å². The number of piperidine rings is 1. The molecule has 1 heterocycles. The van der Waals surface area contributed by atoms with Crippen LogP contribution >= 0.6 is 0 Å². The maximum absolute atomic E-state index is 12.9. The largest absolute Gasteiger partial charge is 0.310 e. The standard InChI is InChI=1S/C13H19FN2/c1-16-7-5-13(6-8-16)15-10-11-3-2-4-12(14)9-11/h2-4,9,13,15H,5-8,10H2,1H3. The van der Waals surface area contributed by atoms with Gasteiger partial charge in [-0.05, 0) is 50.7 Å². The van der Waals surface area contributed by atoms with Gasteiger partial charge in [-0.25, -0.2) is 4.39 Å². The number of hydrogen-bond acceptors (Lipinski definition) is 2. The van der Waals surface area contributed by atoms with Crippen LogP contribution in [0.1, 0.15) is 18.4 Å². The van der Waals surface area contributed by atoms with E-state index in [1.165, 1.54) is 18.9 Å². The molecule has 1 saturated heterocycles. The molecule has 2 nitrogen and oxygen atoms in total. The first kappa shape index (κ1) is 11.6. The minimum absolute atomic E-state index is 0.150. The van der Waals surface area contributed by atoms with Gasteiger partial charge in [0.2, 0.25) is 0 Å². The summed E-state index contributed by atoms with van der Waals surface area (Å²) in [6, 6.07) is 7.40. The van der Waals surface area contributed by atoms with Crippen LogP contribution in [0.15, 0.2) is 24.3 Å². The van der Waals surface area contributed by atoms with Gasteiger partial charge in [0.1, 0.15) is 5.82 Å². The third kappa shape index (κ3) is 3.29. The van der Waals surface area contributed by atoms with Crippen molar-refractivity contribution in [3.63, 3.8) is 0 Å². The van der Waals surface area contributed by atoms with Crippen molar-refractivity contribution >= 4 is 0 Å². The Morgan fingerprint density at radius 3 is 2.81 bits per heavy atom. The molecule has 0 amide bonds. The summed E-state index contributed by atoms with van der Waals surface area (Å²) < 4.78 is 12.9. The number of rotatable bonds is 3. The number of nitrogens with one attached hydrogen (secondary N) is 1. The van der Waals surface area contributed by atoms with Gasteiger partial charge in [0.25, 0.3) is 0 Å². The van der Waals surface area contributed by atoms with Crippen LogP contribution in [0, 0.1) is 5.82 Å². The summed E-state index contributed by atoms with van der Waals surface area (Å²) in [5.74, 6) is -0.150. The maximum atomic E-state index is 12.9. The first-order chi connectivity index (χ1) is 7.74. The maximum Gasteiger partial charge on any atom is 0.123 e. The summed E-state index contributed by atoms with van der Waals surface area (Å²) in [6.07, 6.45) is 2.37. The Morgan fingerprint density at radius 1 is 1.38 bits per heavy atom. The van der Waals surface area contributed by atoms with Gasteiger partial charge in [0, 0.05) is 12.6 Å². The minimum Gasteiger partial charge on any atom is -0.310 e. The quantitative estimate of drug-likeness (QED) is 0.841. The summed E-state index contributed by atoms with van der Waals surface area (Å²) in [4.78, 5) is 2.35. The van der Waals surface area contributed by atoms with Gasteiger partial charge in [0.15, 0.2) is 0 Å². The van der Waals surface area contributed by atoms with Crippen LogP contribution in [0.4, 0.5) is 4.39 Å². The molecule has 0 unspecified atom stereocenters. The predicted octanol–water partition coefficient (Wildman–Crippen LogP) is 2.01. The molecule has 0 radical (unpaired) electrons. The second-order valence-corrected chi connectivity index (χ2v) is 4.59. The zero-order chi connectivity index (χ0) is 11.4. The van der Waals surface area contributed by atoms with Crippen molar-refractivity contribution in [2.24, 2.45) is 0 Å². The molecule has 1 aromatic carbocycles. The van der Waals surface area contributed by atoms with E-state index in [1.807, 2.05) is 6.07 Å². The van der Waals surface area contributed by atoms with E-state index in [0.29, 0.717) is 6.04 Å². The number of nitrogens with zero attached hydrogens (tertiary/aromatic N) is 1. The molecular weight excluding hydrogens is 203 g/mol. The molecule has 0 spiro atoms. The molecule has 0 saturated carbocycles. The van der Waals surface area contributed by atoms with Crippen LogP contribution in [-0.4, -0.2) is 31.1 Å². The molecule has 1 N–H and O–H groups in total. The third-order valence-electron chi connectivity index (χ3n) is 3.20. The lowest BCUT2D eigenvalue weighted by molar-refractivity contribution is 0.234. The van der Waals surface area contributed by atoms with Gasteiger partial charge in [0.05, 0.1) is 0 Å². The van der Waals surface area contributed by atoms with E-state index in [9.17, 15) is 4.39 Å². The van der Waals surface area contributed by atoms with Crippen molar-refractivity contribution in [1.29, 1.82) is 0 Å². The van der Waals surface area contributed by atoms with E-state index < -0.39 is 0 Å². The van der Waals surface area contributed by atoms with Crippen LogP contribution < -0.4 is 5.32 Å². The van der Waals surface area contributed by atoms with E-state index in [2.05, 4.69) is 17.3 Å². The van der Waals surface area contributed by atoms with Crippen molar-refractivity contribution < 1.29 is 4.39 Å². The highest BCUT2D eigenvalue weighted by Gasteiger charge is 2.15. The summed E-state index contributed by atoms with van der Waals surface area (Å²) in [7, 11) is 2.16. The van der Waals surface area contributed by atoms with Crippen molar-refractivity contribution in [2.45, 2.75) is 25.4 Å². The molecule has 0 bridgehead atoms. The fraction of sp³-hybridized carbons (Fsp3) is 0.538. The zero-order valence-corrected chi connectivity index (χ0v) is 9.75. The Hall–Kier alpha value is -0.930. The lowest BCUT2D eigenvalue weighted by Crippen LogP contribution is -2.40. The summed E-state index contributed by atoms with van der Waals surface area (Å²) >= 11 is 0. The van der Waals surface area contributed by atoms with Crippen molar-refractivity contribution in [3.8, 4) is 0 Å². The second kappa shape index (κ2) is 5.41. The molecule has 0 atom stereocenters. The van der Waals surface area contributed by atoms with Gasteiger partial charge in [-0.3, -0.25) is 0 Å². The predicted molar refractivity (Wildman–Crippen MR) is 63.8 cm³/mol. The smallest absolute Gasteiger partial charge is 0.123 e. The van der Waals surface area contributed by atoms with Crippen LogP contribution in [0.3, 0.4) is 0 Å². The molecule has 1 aliphatic rings.